The van der Waals surface area contributed by atoms with Gasteiger partial charge in [-0.15, -0.1) is 0 Å². The fourth-order valence-corrected chi connectivity index (χ4v) is 3.62. The Morgan fingerprint density at radius 3 is 2.21 bits per heavy atom. The van der Waals surface area contributed by atoms with Crippen molar-refractivity contribution in [3.05, 3.63) is 70.3 Å². The van der Waals surface area contributed by atoms with Gasteiger partial charge in [-0.2, -0.15) is 26.3 Å². The van der Waals surface area contributed by atoms with E-state index in [1.54, 1.807) is 12.1 Å². The van der Waals surface area contributed by atoms with Crippen LogP contribution in [-0.4, -0.2) is 24.0 Å². The first-order chi connectivity index (χ1) is 13.5. The highest BCUT2D eigenvalue weighted by molar-refractivity contribution is 6.01. The Hall–Kier alpha value is -2.35. The highest BCUT2D eigenvalue weighted by atomic mass is 19.4. The zero-order valence-electron chi connectivity index (χ0n) is 15.5. The van der Waals surface area contributed by atoms with Gasteiger partial charge in [-0.3, -0.25) is 4.99 Å². The number of aryl methyl sites for hydroxylation is 2. The summed E-state index contributed by atoms with van der Waals surface area (Å²) >= 11 is 0. The van der Waals surface area contributed by atoms with Crippen molar-refractivity contribution in [1.29, 1.82) is 0 Å². The molecule has 0 heterocycles. The van der Waals surface area contributed by atoms with Crippen LogP contribution in [0.25, 0.3) is 0 Å². The molecule has 1 atom stereocenters. The molecule has 1 aliphatic carbocycles. The molecule has 0 saturated heterocycles. The van der Waals surface area contributed by atoms with Gasteiger partial charge in [0.15, 0.2) is 5.60 Å². The predicted molar refractivity (Wildman–Crippen MR) is 96.9 cm³/mol. The third-order valence-electron chi connectivity index (χ3n) is 5.26. The maximum Gasteiger partial charge on any atom is 0.421 e. The van der Waals surface area contributed by atoms with E-state index < -0.39 is 35.5 Å². The molecule has 0 aliphatic heterocycles. The fraction of sp³-hybridized carbons (Fsp3) is 0.381. The van der Waals surface area contributed by atoms with E-state index in [9.17, 15) is 31.4 Å². The van der Waals surface area contributed by atoms with Gasteiger partial charge in [0.1, 0.15) is 0 Å². The lowest BCUT2D eigenvalue weighted by atomic mass is 9.84. The summed E-state index contributed by atoms with van der Waals surface area (Å²) in [5.74, 6) is 0. The van der Waals surface area contributed by atoms with Crippen LogP contribution in [0.1, 0.15) is 40.7 Å². The minimum absolute atomic E-state index is 0.0306. The van der Waals surface area contributed by atoms with E-state index in [2.05, 4.69) is 4.99 Å². The normalized spacial score (nSPS) is 17.2. The van der Waals surface area contributed by atoms with Crippen molar-refractivity contribution in [3.8, 4) is 0 Å². The zero-order valence-corrected chi connectivity index (χ0v) is 15.5. The topological polar surface area (TPSA) is 32.6 Å². The highest BCUT2D eigenvalue weighted by Gasteiger charge is 2.56. The summed E-state index contributed by atoms with van der Waals surface area (Å²) in [5, 5.41) is 10.6. The molecule has 3 rings (SSSR count). The van der Waals surface area contributed by atoms with Crippen molar-refractivity contribution in [2.45, 2.75) is 43.6 Å². The summed E-state index contributed by atoms with van der Waals surface area (Å²) in [6.45, 7) is 0. The van der Waals surface area contributed by atoms with Gasteiger partial charge in [0.2, 0.25) is 0 Å². The van der Waals surface area contributed by atoms with Crippen LogP contribution < -0.4 is 0 Å². The third kappa shape index (κ3) is 4.17. The Morgan fingerprint density at radius 2 is 1.59 bits per heavy atom. The number of rotatable bonds is 4. The van der Waals surface area contributed by atoms with Crippen molar-refractivity contribution in [2.24, 2.45) is 4.99 Å². The summed E-state index contributed by atoms with van der Waals surface area (Å²) in [5.41, 5.74) is -3.12. The SMILES string of the molecule is C/N=C(\CC(O)(c1cccc(C(F)(F)F)c1)C(F)(F)F)c1ccc2c(c1)CCC2. The second-order valence-electron chi connectivity index (χ2n) is 7.12. The summed E-state index contributed by atoms with van der Waals surface area (Å²) in [6, 6.07) is 7.90. The van der Waals surface area contributed by atoms with Gasteiger partial charge in [0.25, 0.3) is 0 Å². The van der Waals surface area contributed by atoms with Gasteiger partial charge in [-0.1, -0.05) is 24.3 Å². The molecular weight excluding hydrogens is 396 g/mol. The van der Waals surface area contributed by atoms with Gasteiger partial charge in [-0.05, 0) is 59.7 Å². The fourth-order valence-electron chi connectivity index (χ4n) is 3.62. The number of hydrogen-bond donors (Lipinski definition) is 1. The van der Waals surface area contributed by atoms with Crippen LogP contribution in [0.15, 0.2) is 47.5 Å². The second-order valence-corrected chi connectivity index (χ2v) is 7.12. The van der Waals surface area contributed by atoms with E-state index in [0.717, 1.165) is 42.5 Å². The number of hydrogen-bond acceptors (Lipinski definition) is 2. The Balaban J connectivity index is 2.03. The molecule has 1 unspecified atom stereocenters. The number of alkyl halides is 6. The largest absolute Gasteiger partial charge is 0.421 e. The molecule has 1 N–H and O–H groups in total. The third-order valence-corrected chi connectivity index (χ3v) is 5.26. The molecule has 2 aromatic carbocycles. The van der Waals surface area contributed by atoms with Crippen LogP contribution in [0.4, 0.5) is 26.3 Å². The number of aliphatic imine (C=N–C) groups is 1. The summed E-state index contributed by atoms with van der Waals surface area (Å²) in [7, 11) is 1.30. The summed E-state index contributed by atoms with van der Waals surface area (Å²) in [4.78, 5) is 3.91. The first-order valence-electron chi connectivity index (χ1n) is 9.00. The number of halogens is 6. The molecule has 2 aromatic rings. The summed E-state index contributed by atoms with van der Waals surface area (Å²) < 4.78 is 80.6. The Bertz CT molecular complexity index is 931. The molecule has 0 saturated carbocycles. The number of fused-ring (bicyclic) bond motifs is 1. The molecule has 1 aliphatic rings. The molecule has 0 spiro atoms. The van der Waals surface area contributed by atoms with Crippen molar-refractivity contribution in [1.82, 2.24) is 0 Å². The van der Waals surface area contributed by atoms with Crippen LogP contribution in [0.2, 0.25) is 0 Å². The van der Waals surface area contributed by atoms with Gasteiger partial charge in [0.05, 0.1) is 5.56 Å². The molecule has 0 fully saturated rings. The highest BCUT2D eigenvalue weighted by Crippen LogP contribution is 2.44. The van der Waals surface area contributed by atoms with Crippen molar-refractivity contribution in [2.75, 3.05) is 7.05 Å². The van der Waals surface area contributed by atoms with Crippen molar-refractivity contribution < 1.29 is 31.4 Å². The van der Waals surface area contributed by atoms with E-state index >= 15 is 0 Å². The van der Waals surface area contributed by atoms with Crippen molar-refractivity contribution >= 4 is 5.71 Å². The Morgan fingerprint density at radius 1 is 0.931 bits per heavy atom. The van der Waals surface area contributed by atoms with Crippen LogP contribution in [0.5, 0.6) is 0 Å². The average Bonchev–Trinajstić information content (AvgIpc) is 3.12. The minimum Gasteiger partial charge on any atom is -0.376 e. The lowest BCUT2D eigenvalue weighted by Crippen LogP contribution is -2.44. The minimum atomic E-state index is -5.20. The van der Waals surface area contributed by atoms with E-state index in [4.69, 9.17) is 0 Å². The molecule has 0 amide bonds. The van der Waals surface area contributed by atoms with Gasteiger partial charge >= 0.3 is 12.4 Å². The predicted octanol–water partition coefficient (Wildman–Crippen LogP) is 5.45. The van der Waals surface area contributed by atoms with Gasteiger partial charge in [-0.25, -0.2) is 0 Å². The lowest BCUT2D eigenvalue weighted by Gasteiger charge is -2.32. The van der Waals surface area contributed by atoms with E-state index in [1.807, 2.05) is 6.07 Å². The molecule has 0 radical (unpaired) electrons. The summed E-state index contributed by atoms with van der Waals surface area (Å²) in [6.07, 6.45) is -8.38. The molecular formula is C21H19F6NO. The molecule has 0 bridgehead atoms. The Labute approximate surface area is 163 Å². The average molecular weight is 415 g/mol. The van der Waals surface area contributed by atoms with Crippen LogP contribution in [0.3, 0.4) is 0 Å². The molecule has 2 nitrogen and oxygen atoms in total. The monoisotopic (exact) mass is 415 g/mol. The second kappa shape index (κ2) is 7.48. The van der Waals surface area contributed by atoms with E-state index in [1.165, 1.54) is 7.05 Å². The van der Waals surface area contributed by atoms with Crippen molar-refractivity contribution in [3.63, 3.8) is 0 Å². The molecule has 156 valence electrons. The van der Waals surface area contributed by atoms with Crippen LogP contribution >= 0.6 is 0 Å². The standard InChI is InChI=1S/C21H19F6NO/c1-28-18(15-9-8-13-4-2-5-14(13)10-15)12-19(29,21(25,26)27)16-6-3-7-17(11-16)20(22,23)24/h3,6-11,29H,2,4-5,12H2,1H3/b28-18+. The zero-order chi connectivity index (χ0) is 21.4. The van der Waals surface area contributed by atoms with E-state index in [-0.39, 0.29) is 5.71 Å². The van der Waals surface area contributed by atoms with Crippen LogP contribution in [-0.2, 0) is 24.6 Å². The number of benzene rings is 2. The Kier molecular flexibility index (Phi) is 5.51. The maximum atomic E-state index is 13.9. The lowest BCUT2D eigenvalue weighted by molar-refractivity contribution is -0.263. The first-order valence-corrected chi connectivity index (χ1v) is 9.00. The molecule has 29 heavy (non-hydrogen) atoms. The number of nitrogens with zero attached hydrogens (tertiary/aromatic N) is 1. The van der Waals surface area contributed by atoms with Gasteiger partial charge in [0, 0.05) is 19.2 Å². The maximum absolute atomic E-state index is 13.9. The number of aliphatic hydroxyl groups is 1. The van der Waals surface area contributed by atoms with Gasteiger partial charge < -0.3 is 5.11 Å². The molecule has 8 heteroatoms. The smallest absolute Gasteiger partial charge is 0.376 e. The van der Waals surface area contributed by atoms with E-state index in [0.29, 0.717) is 17.7 Å². The quantitative estimate of drug-likeness (QED) is 0.523. The molecule has 0 aromatic heterocycles. The van der Waals surface area contributed by atoms with Crippen LogP contribution in [0, 0.1) is 0 Å². The first kappa shape index (κ1) is 21.4.